The van der Waals surface area contributed by atoms with Gasteiger partial charge in [0.2, 0.25) is 17.0 Å². The molecule has 1 aliphatic heterocycles. The molecular weight excluding hydrogens is 470 g/mol. The fourth-order valence-corrected chi connectivity index (χ4v) is 3.64. The molecule has 31 heavy (non-hydrogen) atoms. The van der Waals surface area contributed by atoms with E-state index >= 15 is 0 Å². The Kier molecular flexibility index (Phi) is 6.77. The van der Waals surface area contributed by atoms with E-state index in [9.17, 15) is 18.8 Å². The Hall–Kier alpha value is -2.76. The summed E-state index contributed by atoms with van der Waals surface area (Å²) in [6.45, 7) is 3.03. The summed E-state index contributed by atoms with van der Waals surface area (Å²) in [5.41, 5.74) is -1.02. The third-order valence-corrected chi connectivity index (χ3v) is 5.43. The number of amides is 1. The van der Waals surface area contributed by atoms with Crippen molar-refractivity contribution >= 4 is 58.2 Å². The maximum absolute atomic E-state index is 14.3. The largest absolute Gasteiger partial charge is 0.298 e. The van der Waals surface area contributed by atoms with Gasteiger partial charge in [0.15, 0.2) is 5.16 Å². The molecule has 1 aliphatic rings. The van der Waals surface area contributed by atoms with Crippen molar-refractivity contribution in [2.24, 2.45) is 4.99 Å². The second-order valence-electron chi connectivity index (χ2n) is 6.17. The molecule has 2 aromatic rings. The van der Waals surface area contributed by atoms with Crippen LogP contribution in [0.4, 0.5) is 4.39 Å². The number of carbonyl (C=O) groups excluding carboxylic acids is 3. The van der Waals surface area contributed by atoms with E-state index in [0.29, 0.717) is 12.1 Å². The number of aliphatic imine (C=N–C) groups is 1. The third kappa shape index (κ3) is 4.34. The molecule has 0 aromatic carbocycles. The summed E-state index contributed by atoms with van der Waals surface area (Å²) in [6.07, 6.45) is 4.24. The Bertz CT molecular complexity index is 1170. The molecule has 9 nitrogen and oxygen atoms in total. The van der Waals surface area contributed by atoms with Gasteiger partial charge in [-0.25, -0.2) is 19.9 Å². The molecule has 3 heterocycles. The Labute approximate surface area is 189 Å². The van der Waals surface area contributed by atoms with Crippen LogP contribution in [0.3, 0.4) is 0 Å². The van der Waals surface area contributed by atoms with Gasteiger partial charge in [0.1, 0.15) is 28.5 Å². The minimum absolute atomic E-state index is 0.0890. The summed E-state index contributed by atoms with van der Waals surface area (Å²) >= 11 is 13.3. The zero-order valence-electron chi connectivity index (χ0n) is 16.3. The predicted molar refractivity (Wildman–Crippen MR) is 112 cm³/mol. The van der Waals surface area contributed by atoms with Crippen molar-refractivity contribution in [1.29, 1.82) is 0 Å². The average Bonchev–Trinajstić information content (AvgIpc) is 2.72. The van der Waals surface area contributed by atoms with Gasteiger partial charge in [0, 0.05) is 18.0 Å². The maximum Gasteiger partial charge on any atom is 0.266 e. The predicted octanol–water partition coefficient (Wildman–Crippen LogP) is 2.86. The van der Waals surface area contributed by atoms with Crippen LogP contribution in [0.25, 0.3) is 0 Å². The van der Waals surface area contributed by atoms with Crippen molar-refractivity contribution in [2.45, 2.75) is 25.0 Å². The first-order chi connectivity index (χ1) is 14.7. The van der Waals surface area contributed by atoms with E-state index in [-0.39, 0.29) is 27.1 Å². The molecule has 1 atom stereocenters. The Balaban J connectivity index is 2.02. The molecular formula is C18H13Cl2FN6O3S. The van der Waals surface area contributed by atoms with Gasteiger partial charge in [-0.15, -0.1) is 0 Å². The molecule has 3 rings (SSSR count). The minimum Gasteiger partial charge on any atom is -0.298 e. The van der Waals surface area contributed by atoms with E-state index in [2.05, 4.69) is 24.9 Å². The lowest BCUT2D eigenvalue weighted by molar-refractivity contribution is -0.105. The van der Waals surface area contributed by atoms with Crippen molar-refractivity contribution in [2.75, 3.05) is 6.26 Å². The third-order valence-electron chi connectivity index (χ3n) is 4.31. The van der Waals surface area contributed by atoms with Crippen molar-refractivity contribution < 1.29 is 18.8 Å². The van der Waals surface area contributed by atoms with Crippen LogP contribution in [0.2, 0.25) is 5.15 Å². The van der Waals surface area contributed by atoms with Crippen LogP contribution in [0, 0.1) is 12.9 Å². The van der Waals surface area contributed by atoms with Gasteiger partial charge in [-0.3, -0.25) is 19.3 Å². The highest BCUT2D eigenvalue weighted by atomic mass is 35.5. The molecule has 0 spiro atoms. The molecule has 1 unspecified atom stereocenters. The van der Waals surface area contributed by atoms with E-state index in [1.54, 1.807) is 13.2 Å². The lowest BCUT2D eigenvalue weighted by Gasteiger charge is -2.31. The van der Waals surface area contributed by atoms with E-state index in [4.69, 9.17) is 23.2 Å². The van der Waals surface area contributed by atoms with Gasteiger partial charge in [0.05, 0.1) is 11.6 Å². The number of hydrogen-bond acceptors (Lipinski definition) is 9. The van der Waals surface area contributed by atoms with Crippen LogP contribution in [-0.2, 0) is 4.79 Å². The number of aromatic nitrogens is 4. The Morgan fingerprint density at radius 2 is 1.87 bits per heavy atom. The Morgan fingerprint density at radius 1 is 1.19 bits per heavy atom. The summed E-state index contributed by atoms with van der Waals surface area (Å²) in [7, 11) is 0. The van der Waals surface area contributed by atoms with Gasteiger partial charge in [-0.1, -0.05) is 23.4 Å². The SMILES string of the molecule is CSc1ncc(C(=O)N2C(Cl)=NC(C(=O)c3cnc(C)nc3Cl)=C(C=O)C2C)c(F)n1. The molecule has 0 radical (unpaired) electrons. The van der Waals surface area contributed by atoms with Gasteiger partial charge in [0.25, 0.3) is 5.91 Å². The van der Waals surface area contributed by atoms with Gasteiger partial charge >= 0.3 is 0 Å². The number of nitrogens with zero attached hydrogens (tertiary/aromatic N) is 6. The number of ketones is 1. The average molecular weight is 483 g/mol. The smallest absolute Gasteiger partial charge is 0.266 e. The topological polar surface area (TPSA) is 118 Å². The highest BCUT2D eigenvalue weighted by molar-refractivity contribution is 7.98. The number of thioether (sulfide) groups is 1. The van der Waals surface area contributed by atoms with Crippen LogP contribution in [0.15, 0.2) is 33.8 Å². The second-order valence-corrected chi connectivity index (χ2v) is 7.64. The van der Waals surface area contributed by atoms with Crippen LogP contribution < -0.4 is 0 Å². The fourth-order valence-electron chi connectivity index (χ4n) is 2.74. The summed E-state index contributed by atoms with van der Waals surface area (Å²) < 4.78 is 14.3. The fraction of sp³-hybridized carbons (Fsp3) is 0.222. The number of halogens is 3. The van der Waals surface area contributed by atoms with Crippen LogP contribution in [0.1, 0.15) is 33.5 Å². The second kappa shape index (κ2) is 9.16. The number of carbonyl (C=O) groups is 3. The van der Waals surface area contributed by atoms with Gasteiger partial charge in [-0.2, -0.15) is 9.37 Å². The van der Waals surface area contributed by atoms with Crippen molar-refractivity contribution in [1.82, 2.24) is 24.8 Å². The first-order valence-corrected chi connectivity index (χ1v) is 10.5. The first kappa shape index (κ1) is 22.9. The molecule has 0 saturated carbocycles. The van der Waals surface area contributed by atoms with Gasteiger partial charge in [-0.05, 0) is 31.7 Å². The van der Waals surface area contributed by atoms with E-state index in [1.807, 2.05) is 0 Å². The lowest BCUT2D eigenvalue weighted by Crippen LogP contribution is -2.46. The van der Waals surface area contributed by atoms with Crippen molar-refractivity contribution in [3.63, 3.8) is 0 Å². The van der Waals surface area contributed by atoms with E-state index in [0.717, 1.165) is 22.9 Å². The molecule has 160 valence electrons. The lowest BCUT2D eigenvalue weighted by atomic mass is 9.99. The summed E-state index contributed by atoms with van der Waals surface area (Å²) in [4.78, 5) is 57.7. The first-order valence-electron chi connectivity index (χ1n) is 8.57. The maximum atomic E-state index is 14.3. The zero-order valence-corrected chi connectivity index (χ0v) is 18.6. The number of amidine groups is 1. The molecule has 1 amide bonds. The molecule has 0 aliphatic carbocycles. The quantitative estimate of drug-likeness (QED) is 0.159. The molecule has 0 saturated heterocycles. The number of hydrogen-bond donors (Lipinski definition) is 0. The normalized spacial score (nSPS) is 16.3. The highest BCUT2D eigenvalue weighted by Gasteiger charge is 2.37. The molecule has 0 N–H and O–H groups in total. The molecule has 0 fully saturated rings. The summed E-state index contributed by atoms with van der Waals surface area (Å²) in [5.74, 6) is -2.38. The van der Waals surface area contributed by atoms with E-state index < -0.39 is 34.5 Å². The number of aldehydes is 1. The van der Waals surface area contributed by atoms with Crippen LogP contribution in [-0.4, -0.2) is 60.4 Å². The molecule has 13 heteroatoms. The standard InChI is InChI=1S/C18H13Cl2FN6O3S/c1-7-11(6-28)12(13(29)9-4-22-8(2)24-14(9)19)25-17(20)27(7)16(30)10-5-23-18(31-3)26-15(10)21/h4-7H,1-3H3. The van der Waals surface area contributed by atoms with Crippen molar-refractivity contribution in [3.05, 3.63) is 51.7 Å². The van der Waals surface area contributed by atoms with Gasteiger partial charge < -0.3 is 0 Å². The number of aryl methyl sites for hydroxylation is 1. The highest BCUT2D eigenvalue weighted by Crippen LogP contribution is 2.28. The van der Waals surface area contributed by atoms with Crippen molar-refractivity contribution in [3.8, 4) is 0 Å². The van der Waals surface area contributed by atoms with Crippen LogP contribution >= 0.6 is 35.0 Å². The zero-order chi connectivity index (χ0) is 22.9. The monoisotopic (exact) mass is 482 g/mol. The number of Topliss-reactive ketones (excluding diaryl/α,β-unsaturated/α-hetero) is 1. The number of allylic oxidation sites excluding steroid dienone is 1. The van der Waals surface area contributed by atoms with Crippen LogP contribution in [0.5, 0.6) is 0 Å². The molecule has 0 bridgehead atoms. The summed E-state index contributed by atoms with van der Waals surface area (Å²) in [6, 6.07) is -1.04. The van der Waals surface area contributed by atoms with E-state index in [1.165, 1.54) is 13.1 Å². The molecule has 2 aromatic heterocycles. The number of rotatable bonds is 5. The minimum atomic E-state index is -1.05. The summed E-state index contributed by atoms with van der Waals surface area (Å²) in [5, 5.41) is -0.427. The Morgan fingerprint density at radius 3 is 2.45 bits per heavy atom.